The second kappa shape index (κ2) is 6.21. The molecule has 0 fully saturated rings. The second-order valence-corrected chi connectivity index (χ2v) is 5.90. The van der Waals surface area contributed by atoms with Crippen molar-refractivity contribution in [3.63, 3.8) is 0 Å². The molecule has 2 aromatic rings. The molecule has 0 aromatic heterocycles. The Bertz CT molecular complexity index is 1130. The minimum atomic E-state index is 0.631. The first kappa shape index (κ1) is 15.1. The van der Waals surface area contributed by atoms with Crippen molar-refractivity contribution in [2.75, 3.05) is 0 Å². The van der Waals surface area contributed by atoms with Gasteiger partial charge in [-0.1, -0.05) is 54.6 Å². The van der Waals surface area contributed by atoms with Gasteiger partial charge in [0.1, 0.15) is 0 Å². The van der Waals surface area contributed by atoms with Gasteiger partial charge < -0.3 is 4.57 Å². The van der Waals surface area contributed by atoms with Crippen LogP contribution in [0.3, 0.4) is 0 Å². The van der Waals surface area contributed by atoms with Gasteiger partial charge in [-0.25, -0.2) is 0 Å². The molecule has 2 aliphatic rings. The summed E-state index contributed by atoms with van der Waals surface area (Å²) in [5.74, 6) is 0. The van der Waals surface area contributed by atoms with E-state index in [1.165, 1.54) is 22.0 Å². The molecule has 4 heteroatoms. The van der Waals surface area contributed by atoms with Crippen LogP contribution in [0.15, 0.2) is 77.9 Å². The number of rotatable bonds is 2. The lowest BCUT2D eigenvalue weighted by atomic mass is 9.95. The molecule has 0 atom stereocenters. The molecule has 25 heavy (non-hydrogen) atoms. The summed E-state index contributed by atoms with van der Waals surface area (Å²) in [6, 6.07) is 24.8. The van der Waals surface area contributed by atoms with Gasteiger partial charge in [0.05, 0.1) is 11.4 Å². The average molecular weight is 325 g/mol. The quantitative estimate of drug-likeness (QED) is 0.287. The predicted molar refractivity (Wildman–Crippen MR) is 100 cm³/mol. The number of aromatic nitrogens is 1. The SMILES string of the molecule is CCn1c2cc(=N[N+]#N)ccc-2c2ccccc2c1-c1ccccc1. The molecule has 4 rings (SSSR count). The molecule has 1 aliphatic heterocycles. The first-order valence-electron chi connectivity index (χ1n) is 8.32. The van der Waals surface area contributed by atoms with E-state index >= 15 is 0 Å². The first-order chi connectivity index (χ1) is 12.3. The molecular formula is C21H17N4+. The van der Waals surface area contributed by atoms with Crippen molar-refractivity contribution >= 4 is 10.8 Å². The van der Waals surface area contributed by atoms with Crippen LogP contribution in [0.2, 0.25) is 0 Å². The maximum atomic E-state index is 8.77. The van der Waals surface area contributed by atoms with Crippen molar-refractivity contribution in [2.24, 2.45) is 5.10 Å². The molecule has 2 aromatic carbocycles. The second-order valence-electron chi connectivity index (χ2n) is 5.90. The van der Waals surface area contributed by atoms with Gasteiger partial charge in [0, 0.05) is 17.5 Å². The summed E-state index contributed by atoms with van der Waals surface area (Å²) in [6.07, 6.45) is 0. The highest BCUT2D eigenvalue weighted by molar-refractivity contribution is 6.04. The van der Waals surface area contributed by atoms with E-state index < -0.39 is 0 Å². The van der Waals surface area contributed by atoms with Crippen molar-refractivity contribution in [3.8, 4) is 22.5 Å². The number of nitrogens with zero attached hydrogens (tertiary/aromatic N) is 4. The molecule has 0 spiro atoms. The van der Waals surface area contributed by atoms with Crippen LogP contribution in [0, 0.1) is 5.39 Å². The average Bonchev–Trinajstić information content (AvgIpc) is 2.67. The topological polar surface area (TPSA) is 45.4 Å². The summed E-state index contributed by atoms with van der Waals surface area (Å²) < 4.78 is 2.30. The Morgan fingerprint density at radius 1 is 0.920 bits per heavy atom. The fraction of sp³-hybridized carbons (Fsp3) is 0.0952. The number of fused-ring (bicyclic) bond motifs is 3. The van der Waals surface area contributed by atoms with Crippen LogP contribution >= 0.6 is 0 Å². The zero-order chi connectivity index (χ0) is 17.2. The number of hydrogen-bond donors (Lipinski definition) is 0. The third-order valence-corrected chi connectivity index (χ3v) is 4.54. The van der Waals surface area contributed by atoms with Gasteiger partial charge in [0.2, 0.25) is 0 Å². The van der Waals surface area contributed by atoms with Gasteiger partial charge in [0.15, 0.2) is 10.5 Å². The van der Waals surface area contributed by atoms with Crippen LogP contribution in [-0.4, -0.2) is 4.57 Å². The van der Waals surface area contributed by atoms with Crippen molar-refractivity contribution < 1.29 is 0 Å². The summed E-state index contributed by atoms with van der Waals surface area (Å²) in [7, 11) is 0. The minimum absolute atomic E-state index is 0.631. The summed E-state index contributed by atoms with van der Waals surface area (Å²) in [4.78, 5) is 0. The zero-order valence-corrected chi connectivity index (χ0v) is 13.9. The van der Waals surface area contributed by atoms with E-state index in [-0.39, 0.29) is 0 Å². The highest BCUT2D eigenvalue weighted by Crippen LogP contribution is 2.37. The van der Waals surface area contributed by atoms with Crippen LogP contribution in [-0.2, 0) is 6.54 Å². The molecule has 0 amide bonds. The first-order valence-corrected chi connectivity index (χ1v) is 8.32. The number of diazo groups is 1. The summed E-state index contributed by atoms with van der Waals surface area (Å²) in [5.41, 5.74) is 4.60. The Labute approximate surface area is 145 Å². The Kier molecular flexibility index (Phi) is 3.75. The van der Waals surface area contributed by atoms with E-state index in [1.54, 1.807) is 0 Å². The van der Waals surface area contributed by atoms with Gasteiger partial charge in [-0.2, -0.15) is 0 Å². The normalized spacial score (nSPS) is 11.8. The highest BCUT2D eigenvalue weighted by atomic mass is 15.2. The lowest BCUT2D eigenvalue weighted by Gasteiger charge is -2.23. The van der Waals surface area contributed by atoms with Crippen molar-refractivity contribution in [2.45, 2.75) is 13.5 Å². The predicted octanol–water partition coefficient (Wildman–Crippen LogP) is 5.10. The monoisotopic (exact) mass is 325 g/mol. The molecule has 1 aliphatic carbocycles. The summed E-state index contributed by atoms with van der Waals surface area (Å²) >= 11 is 0. The molecule has 0 saturated carbocycles. The van der Waals surface area contributed by atoms with E-state index in [0.29, 0.717) is 5.36 Å². The zero-order valence-electron chi connectivity index (χ0n) is 13.9. The van der Waals surface area contributed by atoms with E-state index in [4.69, 9.17) is 5.39 Å². The van der Waals surface area contributed by atoms with E-state index in [2.05, 4.69) is 70.2 Å². The minimum Gasteiger partial charge on any atom is -0.340 e. The smallest absolute Gasteiger partial charge is 0.339 e. The Morgan fingerprint density at radius 3 is 2.36 bits per heavy atom. The maximum Gasteiger partial charge on any atom is 0.339 e. The van der Waals surface area contributed by atoms with Crippen LogP contribution in [0.25, 0.3) is 38.4 Å². The van der Waals surface area contributed by atoms with Crippen LogP contribution < -0.4 is 5.36 Å². The third kappa shape index (κ3) is 2.47. The fourth-order valence-corrected chi connectivity index (χ4v) is 3.51. The van der Waals surface area contributed by atoms with Crippen LogP contribution in [0.1, 0.15) is 6.92 Å². The molecule has 0 radical (unpaired) electrons. The Balaban J connectivity index is 2.24. The van der Waals surface area contributed by atoms with Crippen LogP contribution in [0.4, 0.5) is 0 Å². The third-order valence-electron chi connectivity index (χ3n) is 4.54. The molecule has 1 heterocycles. The Morgan fingerprint density at radius 2 is 1.64 bits per heavy atom. The van der Waals surface area contributed by atoms with Gasteiger partial charge in [-0.05, 0) is 36.1 Å². The Hall–Kier alpha value is -3.45. The maximum absolute atomic E-state index is 8.77. The van der Waals surface area contributed by atoms with Gasteiger partial charge in [-0.15, -0.1) is 0 Å². The van der Waals surface area contributed by atoms with Crippen molar-refractivity contribution in [3.05, 3.63) is 83.2 Å². The summed E-state index contributed by atoms with van der Waals surface area (Å²) in [6.45, 7) is 2.96. The highest BCUT2D eigenvalue weighted by Gasteiger charge is 2.17. The molecule has 4 nitrogen and oxygen atoms in total. The number of hydrogen-bond acceptors (Lipinski definition) is 2. The molecule has 120 valence electrons. The van der Waals surface area contributed by atoms with Gasteiger partial charge in [0.25, 0.3) is 5.39 Å². The number of pyridine rings is 1. The van der Waals surface area contributed by atoms with E-state index in [1.807, 2.05) is 24.3 Å². The van der Waals surface area contributed by atoms with Crippen LogP contribution in [0.5, 0.6) is 0 Å². The van der Waals surface area contributed by atoms with E-state index in [9.17, 15) is 0 Å². The molecule has 0 unspecified atom stereocenters. The molecule has 0 bridgehead atoms. The summed E-state index contributed by atoms with van der Waals surface area (Å²) in [5, 5.41) is 18.5. The van der Waals surface area contributed by atoms with Gasteiger partial charge in [-0.3, -0.25) is 0 Å². The molecule has 0 N–H and O–H groups in total. The van der Waals surface area contributed by atoms with E-state index in [0.717, 1.165) is 17.8 Å². The number of benzene rings is 3. The lowest BCUT2D eigenvalue weighted by Crippen LogP contribution is -2.11. The van der Waals surface area contributed by atoms with Crippen molar-refractivity contribution in [1.82, 2.24) is 4.57 Å². The van der Waals surface area contributed by atoms with Crippen molar-refractivity contribution in [1.29, 1.82) is 5.39 Å². The largest absolute Gasteiger partial charge is 0.340 e. The lowest BCUT2D eigenvalue weighted by molar-refractivity contribution is 0.776. The molecular weight excluding hydrogens is 308 g/mol. The molecule has 0 saturated heterocycles. The standard InChI is InChI=1S/C21H17N4/c1-2-25-20-14-16(23-24-22)12-13-18(20)17-10-6-7-11-19(17)21(25)15-8-4-3-5-9-15/h3-14H,2H2,1H3/q+1. The van der Waals surface area contributed by atoms with Gasteiger partial charge >= 0.3 is 5.08 Å². The fourth-order valence-electron chi connectivity index (χ4n) is 3.51.